The largest absolute Gasteiger partial charge is 0.350 e. The highest BCUT2D eigenvalue weighted by molar-refractivity contribution is 5.87. The number of amides is 1. The minimum Gasteiger partial charge on any atom is -0.350 e. The first-order valence-electron chi connectivity index (χ1n) is 5.82. The molecule has 0 radical (unpaired) electrons. The quantitative estimate of drug-likeness (QED) is 0.714. The number of rotatable bonds is 4. The van der Waals surface area contributed by atoms with Crippen LogP contribution in [0.1, 0.15) is 33.1 Å². The van der Waals surface area contributed by atoms with Crippen molar-refractivity contribution in [1.82, 2.24) is 10.2 Å². The number of nitrogens with zero attached hydrogens (tertiary/aromatic N) is 1. The van der Waals surface area contributed by atoms with Gasteiger partial charge in [-0.15, -0.1) is 0 Å². The van der Waals surface area contributed by atoms with Crippen molar-refractivity contribution in [1.29, 1.82) is 0 Å². The molecule has 1 heterocycles. The van der Waals surface area contributed by atoms with Crippen LogP contribution in [0, 0.1) is 0 Å². The van der Waals surface area contributed by atoms with Gasteiger partial charge in [-0.1, -0.05) is 13.0 Å². The molecule has 15 heavy (non-hydrogen) atoms. The average Bonchev–Trinajstić information content (AvgIpc) is 2.61. The van der Waals surface area contributed by atoms with Crippen molar-refractivity contribution in [3.63, 3.8) is 0 Å². The number of likely N-dealkylation sites (N-methyl/N-ethyl adjacent to an activating group) is 1. The van der Waals surface area contributed by atoms with Crippen LogP contribution < -0.4 is 5.32 Å². The smallest absolute Gasteiger partial charge is 0.243 e. The number of likely N-dealkylation sites (tertiary alicyclic amines) is 1. The van der Waals surface area contributed by atoms with Crippen molar-refractivity contribution in [3.8, 4) is 0 Å². The maximum Gasteiger partial charge on any atom is 0.243 e. The molecule has 1 saturated heterocycles. The van der Waals surface area contributed by atoms with Crippen molar-refractivity contribution in [3.05, 3.63) is 12.2 Å². The fourth-order valence-corrected chi connectivity index (χ4v) is 1.77. The molecule has 3 heteroatoms. The lowest BCUT2D eigenvalue weighted by Gasteiger charge is -2.15. The minimum absolute atomic E-state index is 0.0321. The summed E-state index contributed by atoms with van der Waals surface area (Å²) in [5.74, 6) is 0.0321. The Kier molecular flexibility index (Phi) is 4.82. The third-order valence-electron chi connectivity index (χ3n) is 3.05. The summed E-state index contributed by atoms with van der Waals surface area (Å²) < 4.78 is 0. The highest BCUT2D eigenvalue weighted by atomic mass is 16.1. The van der Waals surface area contributed by atoms with Crippen LogP contribution in [0.2, 0.25) is 0 Å². The maximum atomic E-state index is 11.5. The third-order valence-corrected chi connectivity index (χ3v) is 3.05. The van der Waals surface area contributed by atoms with Crippen molar-refractivity contribution in [2.45, 2.75) is 45.2 Å². The Morgan fingerprint density at radius 3 is 2.93 bits per heavy atom. The van der Waals surface area contributed by atoms with Crippen LogP contribution in [0.5, 0.6) is 0 Å². The predicted molar refractivity (Wildman–Crippen MR) is 62.7 cm³/mol. The van der Waals surface area contributed by atoms with Crippen LogP contribution in [0.25, 0.3) is 0 Å². The summed E-state index contributed by atoms with van der Waals surface area (Å²) in [6.07, 6.45) is 7.08. The van der Waals surface area contributed by atoms with Gasteiger partial charge < -0.3 is 5.32 Å². The first-order valence-corrected chi connectivity index (χ1v) is 5.82. The molecule has 0 spiro atoms. The van der Waals surface area contributed by atoms with Gasteiger partial charge in [0.15, 0.2) is 0 Å². The average molecular weight is 210 g/mol. The highest BCUT2D eigenvalue weighted by Crippen LogP contribution is 2.15. The Balaban J connectivity index is 2.33. The molecular weight excluding hydrogens is 188 g/mol. The zero-order valence-corrected chi connectivity index (χ0v) is 9.99. The minimum atomic E-state index is 0.0321. The zero-order valence-electron chi connectivity index (χ0n) is 9.99. The number of carbonyl (C=O) groups excluding carboxylic acids is 1. The molecule has 2 atom stereocenters. The summed E-state index contributed by atoms with van der Waals surface area (Å²) in [5, 5.41) is 2.92. The van der Waals surface area contributed by atoms with Crippen molar-refractivity contribution >= 4 is 5.91 Å². The Bertz CT molecular complexity index is 238. The van der Waals surface area contributed by atoms with E-state index in [1.165, 1.54) is 12.8 Å². The molecule has 86 valence electrons. The van der Waals surface area contributed by atoms with Gasteiger partial charge in [-0.3, -0.25) is 9.69 Å². The number of hydrogen-bond acceptors (Lipinski definition) is 2. The van der Waals surface area contributed by atoms with Crippen molar-refractivity contribution in [2.24, 2.45) is 0 Å². The molecule has 0 saturated carbocycles. The van der Waals surface area contributed by atoms with Crippen molar-refractivity contribution < 1.29 is 4.79 Å². The van der Waals surface area contributed by atoms with E-state index in [-0.39, 0.29) is 11.9 Å². The second-order valence-corrected chi connectivity index (χ2v) is 4.37. The lowest BCUT2D eigenvalue weighted by Crippen LogP contribution is -2.31. The second kappa shape index (κ2) is 5.91. The summed E-state index contributed by atoms with van der Waals surface area (Å²) in [7, 11) is 2.11. The van der Waals surface area contributed by atoms with Gasteiger partial charge in [0, 0.05) is 18.2 Å². The van der Waals surface area contributed by atoms with E-state index in [0.717, 1.165) is 13.0 Å². The van der Waals surface area contributed by atoms with Gasteiger partial charge >= 0.3 is 0 Å². The Morgan fingerprint density at radius 2 is 2.40 bits per heavy atom. The van der Waals surface area contributed by atoms with Crippen LogP contribution in [0.3, 0.4) is 0 Å². The topological polar surface area (TPSA) is 32.3 Å². The molecule has 1 aliphatic heterocycles. The van der Waals surface area contributed by atoms with Gasteiger partial charge in [0.1, 0.15) is 0 Å². The lowest BCUT2D eigenvalue weighted by atomic mass is 10.2. The Labute approximate surface area is 92.5 Å². The maximum absolute atomic E-state index is 11.5. The van der Waals surface area contributed by atoms with E-state index in [1.807, 2.05) is 13.0 Å². The number of nitrogens with one attached hydrogen (secondary N) is 1. The van der Waals surface area contributed by atoms with E-state index < -0.39 is 0 Å². The Hall–Kier alpha value is -0.830. The van der Waals surface area contributed by atoms with E-state index in [1.54, 1.807) is 6.08 Å². The van der Waals surface area contributed by atoms with Gasteiger partial charge in [-0.25, -0.2) is 0 Å². The normalized spacial score (nSPS) is 24.6. The molecule has 2 unspecified atom stereocenters. The van der Waals surface area contributed by atoms with Crippen LogP contribution in [-0.4, -0.2) is 36.5 Å². The molecule has 1 amide bonds. The van der Waals surface area contributed by atoms with Crippen LogP contribution in [0.15, 0.2) is 12.2 Å². The van der Waals surface area contributed by atoms with Gasteiger partial charge in [-0.05, 0) is 39.8 Å². The molecule has 1 N–H and O–H groups in total. The van der Waals surface area contributed by atoms with Gasteiger partial charge in [-0.2, -0.15) is 0 Å². The standard InChI is InChI=1S/C12H22N2O/c1-4-10(2)13-12(15)8-7-11-6-5-9-14(11)3/h7-8,10-11H,4-6,9H2,1-3H3,(H,13,15)/b8-7+. The number of hydrogen-bond donors (Lipinski definition) is 1. The van der Waals surface area contributed by atoms with Crippen LogP contribution in [-0.2, 0) is 4.79 Å². The van der Waals surface area contributed by atoms with E-state index in [9.17, 15) is 4.79 Å². The molecule has 0 aromatic carbocycles. The lowest BCUT2D eigenvalue weighted by molar-refractivity contribution is -0.117. The van der Waals surface area contributed by atoms with E-state index in [0.29, 0.717) is 6.04 Å². The second-order valence-electron chi connectivity index (χ2n) is 4.37. The number of carbonyl (C=O) groups is 1. The zero-order chi connectivity index (χ0) is 11.3. The molecule has 0 aromatic rings. The summed E-state index contributed by atoms with van der Waals surface area (Å²) in [4.78, 5) is 13.7. The summed E-state index contributed by atoms with van der Waals surface area (Å²) >= 11 is 0. The molecule has 1 fully saturated rings. The fourth-order valence-electron chi connectivity index (χ4n) is 1.77. The Morgan fingerprint density at radius 1 is 1.67 bits per heavy atom. The first kappa shape index (κ1) is 12.2. The first-order chi connectivity index (χ1) is 7.13. The van der Waals surface area contributed by atoms with Gasteiger partial charge in [0.25, 0.3) is 0 Å². The third kappa shape index (κ3) is 4.04. The summed E-state index contributed by atoms with van der Waals surface area (Å²) in [6.45, 7) is 5.23. The monoisotopic (exact) mass is 210 g/mol. The van der Waals surface area contributed by atoms with Crippen LogP contribution in [0.4, 0.5) is 0 Å². The summed E-state index contributed by atoms with van der Waals surface area (Å²) in [6, 6.07) is 0.719. The highest BCUT2D eigenvalue weighted by Gasteiger charge is 2.17. The molecule has 1 rings (SSSR count). The summed E-state index contributed by atoms with van der Waals surface area (Å²) in [5.41, 5.74) is 0. The van der Waals surface area contributed by atoms with E-state index >= 15 is 0 Å². The molecule has 1 aliphatic rings. The molecule has 3 nitrogen and oxygen atoms in total. The molecule has 0 bridgehead atoms. The molecule has 0 aliphatic carbocycles. The van der Waals surface area contributed by atoms with Crippen molar-refractivity contribution in [2.75, 3.05) is 13.6 Å². The van der Waals surface area contributed by atoms with Gasteiger partial charge in [0.2, 0.25) is 5.91 Å². The van der Waals surface area contributed by atoms with E-state index in [2.05, 4.69) is 24.2 Å². The molecule has 0 aromatic heterocycles. The SMILES string of the molecule is CCC(C)NC(=O)/C=C/C1CCCN1C. The fraction of sp³-hybridized carbons (Fsp3) is 0.750. The van der Waals surface area contributed by atoms with Gasteiger partial charge in [0.05, 0.1) is 0 Å². The predicted octanol–water partition coefficient (Wildman–Crippen LogP) is 1.55. The van der Waals surface area contributed by atoms with Crippen LogP contribution >= 0.6 is 0 Å². The van der Waals surface area contributed by atoms with E-state index in [4.69, 9.17) is 0 Å². The molecular formula is C12H22N2O.